The molecule has 1 heterocycles. The van der Waals surface area contributed by atoms with E-state index in [2.05, 4.69) is 29.4 Å². The Morgan fingerprint density at radius 2 is 1.88 bits per heavy atom. The van der Waals surface area contributed by atoms with Crippen LogP contribution in [0.5, 0.6) is 0 Å². The van der Waals surface area contributed by atoms with Crippen LogP contribution in [0.3, 0.4) is 0 Å². The van der Waals surface area contributed by atoms with Crippen LogP contribution in [0.1, 0.15) is 25.8 Å². The Bertz CT molecular complexity index is 947. The van der Waals surface area contributed by atoms with E-state index < -0.39 is 9.84 Å². The van der Waals surface area contributed by atoms with E-state index in [1.807, 2.05) is 18.2 Å². The van der Waals surface area contributed by atoms with Gasteiger partial charge in [0.05, 0.1) is 10.4 Å². The van der Waals surface area contributed by atoms with Gasteiger partial charge < -0.3 is 5.32 Å². The first-order chi connectivity index (χ1) is 12.0. The van der Waals surface area contributed by atoms with Crippen molar-refractivity contribution < 1.29 is 8.42 Å². The number of benzene rings is 2. The lowest BCUT2D eigenvalue weighted by molar-refractivity contribution is 0.570. The van der Waals surface area contributed by atoms with Crippen molar-refractivity contribution in [1.29, 1.82) is 0 Å². The van der Waals surface area contributed by atoms with Gasteiger partial charge in [-0.2, -0.15) is 5.10 Å². The highest BCUT2D eigenvalue weighted by molar-refractivity contribution is 7.91. The predicted molar refractivity (Wildman–Crippen MR) is 99.4 cm³/mol. The van der Waals surface area contributed by atoms with Crippen molar-refractivity contribution in [1.82, 2.24) is 15.5 Å². The van der Waals surface area contributed by atoms with Gasteiger partial charge in [0, 0.05) is 11.4 Å². The fourth-order valence-corrected chi connectivity index (χ4v) is 4.16. The maximum atomic E-state index is 12.9. The second-order valence-electron chi connectivity index (χ2n) is 6.43. The third-order valence-electron chi connectivity index (χ3n) is 4.10. The van der Waals surface area contributed by atoms with E-state index in [-0.39, 0.29) is 9.92 Å². The minimum absolute atomic E-state index is 0.163. The fourth-order valence-electron chi connectivity index (χ4n) is 2.79. The molecule has 6 heteroatoms. The van der Waals surface area contributed by atoms with Crippen molar-refractivity contribution in [3.05, 3.63) is 54.1 Å². The molecule has 2 N–H and O–H groups in total. The SMILES string of the molecule is CC(C)NCCCc1ccc2n[nH]c(S(=O)(=O)c3ccccc3)c2c1. The standard InChI is InChI=1S/C19H23N3O2S/c1-14(2)20-12-6-7-15-10-11-18-17(13-15)19(22-21-18)25(23,24)16-8-4-3-5-9-16/h3-5,8-11,13-14,20H,6-7,12H2,1-2H3,(H,21,22). The van der Waals surface area contributed by atoms with Crippen LogP contribution in [-0.4, -0.2) is 31.2 Å². The lowest BCUT2D eigenvalue weighted by atomic mass is 10.1. The van der Waals surface area contributed by atoms with E-state index in [4.69, 9.17) is 0 Å². The number of aromatic amines is 1. The van der Waals surface area contributed by atoms with Crippen molar-refractivity contribution in [2.45, 2.75) is 42.7 Å². The first-order valence-corrected chi connectivity index (χ1v) is 9.97. The van der Waals surface area contributed by atoms with Gasteiger partial charge in [-0.3, -0.25) is 5.10 Å². The summed E-state index contributed by atoms with van der Waals surface area (Å²) in [6.07, 6.45) is 1.90. The van der Waals surface area contributed by atoms with Crippen LogP contribution in [0.4, 0.5) is 0 Å². The first kappa shape index (κ1) is 17.6. The van der Waals surface area contributed by atoms with Crippen molar-refractivity contribution >= 4 is 20.7 Å². The zero-order chi connectivity index (χ0) is 17.9. The van der Waals surface area contributed by atoms with Gasteiger partial charge in [0.15, 0.2) is 5.03 Å². The Labute approximate surface area is 148 Å². The molecule has 0 aliphatic rings. The predicted octanol–water partition coefficient (Wildman–Crippen LogP) is 3.33. The van der Waals surface area contributed by atoms with Crippen LogP contribution in [-0.2, 0) is 16.3 Å². The van der Waals surface area contributed by atoms with Gasteiger partial charge in [0.1, 0.15) is 0 Å². The summed E-state index contributed by atoms with van der Waals surface area (Å²) >= 11 is 0. The number of fused-ring (bicyclic) bond motifs is 1. The minimum Gasteiger partial charge on any atom is -0.315 e. The molecule has 0 aliphatic heterocycles. The summed E-state index contributed by atoms with van der Waals surface area (Å²) in [5.74, 6) is 0. The largest absolute Gasteiger partial charge is 0.315 e. The summed E-state index contributed by atoms with van der Waals surface area (Å²) < 4.78 is 25.7. The minimum atomic E-state index is -3.61. The molecule has 1 aromatic heterocycles. The molecule has 2 aromatic carbocycles. The Morgan fingerprint density at radius 3 is 2.60 bits per heavy atom. The smallest absolute Gasteiger partial charge is 0.223 e. The van der Waals surface area contributed by atoms with Gasteiger partial charge in [-0.1, -0.05) is 38.1 Å². The molecule has 0 fully saturated rings. The average Bonchev–Trinajstić information content (AvgIpc) is 3.03. The van der Waals surface area contributed by atoms with Crippen LogP contribution in [0.25, 0.3) is 10.9 Å². The third kappa shape index (κ3) is 3.91. The molecule has 5 nitrogen and oxygen atoms in total. The molecule has 0 spiro atoms. The third-order valence-corrected chi connectivity index (χ3v) is 5.84. The van der Waals surface area contributed by atoms with Crippen molar-refractivity contribution in [2.75, 3.05) is 6.54 Å². The van der Waals surface area contributed by atoms with E-state index >= 15 is 0 Å². The zero-order valence-corrected chi connectivity index (χ0v) is 15.3. The zero-order valence-electron chi connectivity index (χ0n) is 14.5. The second-order valence-corrected chi connectivity index (χ2v) is 8.32. The molecule has 3 rings (SSSR count). The molecule has 0 amide bonds. The van der Waals surface area contributed by atoms with Gasteiger partial charge >= 0.3 is 0 Å². The van der Waals surface area contributed by atoms with Crippen molar-refractivity contribution in [2.24, 2.45) is 0 Å². The molecule has 0 bridgehead atoms. The summed E-state index contributed by atoms with van der Waals surface area (Å²) in [6.45, 7) is 5.19. The molecule has 25 heavy (non-hydrogen) atoms. The van der Waals surface area contributed by atoms with E-state index in [0.29, 0.717) is 16.9 Å². The summed E-state index contributed by atoms with van der Waals surface area (Å²) in [6, 6.07) is 14.7. The normalized spacial score (nSPS) is 12.1. The van der Waals surface area contributed by atoms with E-state index in [9.17, 15) is 8.42 Å². The maximum absolute atomic E-state index is 12.9. The molecule has 132 valence electrons. The number of nitrogens with one attached hydrogen (secondary N) is 2. The number of H-pyrrole nitrogens is 1. The molecule has 0 radical (unpaired) electrons. The Morgan fingerprint density at radius 1 is 1.12 bits per heavy atom. The molecule has 0 atom stereocenters. The Hall–Kier alpha value is -2.18. The van der Waals surface area contributed by atoms with Gasteiger partial charge in [0.25, 0.3) is 0 Å². The molecule has 0 saturated carbocycles. The fraction of sp³-hybridized carbons (Fsp3) is 0.316. The van der Waals surface area contributed by atoms with Crippen LogP contribution in [0, 0.1) is 0 Å². The monoisotopic (exact) mass is 357 g/mol. The quantitative estimate of drug-likeness (QED) is 0.636. The first-order valence-electron chi connectivity index (χ1n) is 8.49. The van der Waals surface area contributed by atoms with E-state index in [1.54, 1.807) is 30.3 Å². The van der Waals surface area contributed by atoms with E-state index in [1.165, 1.54) is 0 Å². The van der Waals surface area contributed by atoms with Gasteiger partial charge in [-0.25, -0.2) is 8.42 Å². The highest BCUT2D eigenvalue weighted by Crippen LogP contribution is 2.27. The lowest BCUT2D eigenvalue weighted by Gasteiger charge is -2.08. The highest BCUT2D eigenvalue weighted by atomic mass is 32.2. The second kappa shape index (κ2) is 7.37. The number of aromatic nitrogens is 2. The Balaban J connectivity index is 1.89. The van der Waals surface area contributed by atoms with Gasteiger partial charge in [-0.05, 0) is 49.2 Å². The van der Waals surface area contributed by atoms with Gasteiger partial charge in [-0.15, -0.1) is 0 Å². The van der Waals surface area contributed by atoms with Crippen LogP contribution in [0.15, 0.2) is 58.5 Å². The van der Waals surface area contributed by atoms with Crippen LogP contribution >= 0.6 is 0 Å². The molecule has 0 aliphatic carbocycles. The average molecular weight is 357 g/mol. The number of nitrogens with zero attached hydrogens (tertiary/aromatic N) is 1. The topological polar surface area (TPSA) is 74.8 Å². The number of hydrogen-bond acceptors (Lipinski definition) is 4. The molecule has 3 aromatic rings. The van der Waals surface area contributed by atoms with Crippen molar-refractivity contribution in [3.63, 3.8) is 0 Å². The van der Waals surface area contributed by atoms with E-state index in [0.717, 1.165) is 24.9 Å². The lowest BCUT2D eigenvalue weighted by Crippen LogP contribution is -2.23. The number of aryl methyl sites for hydroxylation is 1. The Kier molecular flexibility index (Phi) is 5.20. The van der Waals surface area contributed by atoms with Crippen LogP contribution < -0.4 is 5.32 Å². The van der Waals surface area contributed by atoms with Crippen LogP contribution in [0.2, 0.25) is 0 Å². The molecular formula is C19H23N3O2S. The van der Waals surface area contributed by atoms with Gasteiger partial charge in [0.2, 0.25) is 9.84 Å². The number of sulfone groups is 1. The summed E-state index contributed by atoms with van der Waals surface area (Å²) in [5, 5.41) is 11.1. The summed E-state index contributed by atoms with van der Waals surface area (Å²) in [5.41, 5.74) is 1.78. The van der Waals surface area contributed by atoms with Crippen molar-refractivity contribution in [3.8, 4) is 0 Å². The number of hydrogen-bond donors (Lipinski definition) is 2. The molecule has 0 saturated heterocycles. The molecule has 0 unspecified atom stereocenters. The maximum Gasteiger partial charge on any atom is 0.223 e. The number of rotatable bonds is 7. The summed E-state index contributed by atoms with van der Waals surface area (Å²) in [7, 11) is -3.61. The highest BCUT2D eigenvalue weighted by Gasteiger charge is 2.22. The summed E-state index contributed by atoms with van der Waals surface area (Å²) in [4.78, 5) is 0.270. The molecular weight excluding hydrogens is 334 g/mol.